The molecule has 0 saturated heterocycles. The first-order valence-corrected chi connectivity index (χ1v) is 32.2. The third-order valence-corrected chi connectivity index (χ3v) is 13.4. The van der Waals surface area contributed by atoms with Crippen molar-refractivity contribution in [3.63, 3.8) is 0 Å². The normalized spacial score (nSPS) is 13.0. The highest BCUT2D eigenvalue weighted by Gasteiger charge is 2.19. The summed E-state index contributed by atoms with van der Waals surface area (Å²) in [6.07, 6.45) is 91.8. The first-order valence-electron chi connectivity index (χ1n) is 32.2. The first kappa shape index (κ1) is 73.5. The summed E-state index contributed by atoms with van der Waals surface area (Å²) in [5.74, 6) is -0.918. The average Bonchev–Trinajstić information content (AvgIpc) is 3.44. The molecule has 0 N–H and O–H groups in total. The Morgan fingerprint density at radius 3 is 0.795 bits per heavy atom. The van der Waals surface area contributed by atoms with E-state index in [-0.39, 0.29) is 31.1 Å². The number of hydrogen-bond acceptors (Lipinski definition) is 6. The van der Waals surface area contributed by atoms with Gasteiger partial charge in [-0.2, -0.15) is 0 Å². The van der Waals surface area contributed by atoms with E-state index in [1.165, 1.54) is 89.9 Å². The minimum Gasteiger partial charge on any atom is -0.462 e. The number of carbonyl (C=O) groups excluding carboxylic acids is 3. The highest BCUT2D eigenvalue weighted by atomic mass is 16.6. The highest BCUT2D eigenvalue weighted by Crippen LogP contribution is 2.15. The van der Waals surface area contributed by atoms with Gasteiger partial charge in [0, 0.05) is 19.3 Å². The molecule has 0 aliphatic carbocycles. The van der Waals surface area contributed by atoms with E-state index in [1.807, 2.05) is 0 Å². The first-order chi connectivity index (χ1) is 38.5. The quantitative estimate of drug-likeness (QED) is 0.0261. The van der Waals surface area contributed by atoms with Gasteiger partial charge in [0.1, 0.15) is 13.2 Å². The van der Waals surface area contributed by atoms with Crippen molar-refractivity contribution in [3.8, 4) is 0 Å². The number of unbranched alkanes of at least 4 members (excludes halogenated alkanes) is 24. The van der Waals surface area contributed by atoms with Crippen LogP contribution in [0.15, 0.2) is 134 Å². The molecule has 6 heteroatoms. The molecule has 1 atom stereocenters. The van der Waals surface area contributed by atoms with E-state index in [0.717, 1.165) is 154 Å². The van der Waals surface area contributed by atoms with Crippen LogP contribution in [-0.2, 0) is 28.6 Å². The molecule has 0 radical (unpaired) electrons. The summed E-state index contributed by atoms with van der Waals surface area (Å²) in [6, 6.07) is 0. The zero-order valence-corrected chi connectivity index (χ0v) is 50.6. The second-order valence-corrected chi connectivity index (χ2v) is 20.9. The molecule has 0 fully saturated rings. The molecule has 1 unspecified atom stereocenters. The van der Waals surface area contributed by atoms with Gasteiger partial charge >= 0.3 is 17.9 Å². The van der Waals surface area contributed by atoms with E-state index >= 15 is 0 Å². The van der Waals surface area contributed by atoms with Gasteiger partial charge in [0.25, 0.3) is 0 Å². The Morgan fingerprint density at radius 1 is 0.269 bits per heavy atom. The molecule has 0 rings (SSSR count). The Labute approximate surface area is 481 Å². The van der Waals surface area contributed by atoms with Crippen molar-refractivity contribution in [1.29, 1.82) is 0 Å². The standard InChI is InChI=1S/C72H118O6/c1-4-7-10-13-16-19-22-24-26-27-28-29-30-31-32-33-34-35-36-37-38-39-40-41-42-43-44-45-46-48-50-53-56-59-62-65-71(74)77-68-69(67-76-70(73)64-61-58-55-52-49-21-18-15-12-9-6-3)78-72(75)66-63-60-57-54-51-47-25-23-20-17-14-11-8-5-2/h7,10,14-19,23-26,28-29,31-32,34-35,37-38,40-41,69H,4-6,8-9,11-13,20-22,27,30,33,36,39,42-68H2,1-3H3/b10-7-,17-14-,18-15-,19-16-,25-23-,26-24-,29-28-,32-31-,35-34-,38-37-,41-40-. The lowest BCUT2D eigenvalue weighted by Crippen LogP contribution is -2.30. The third-order valence-electron chi connectivity index (χ3n) is 13.4. The van der Waals surface area contributed by atoms with Gasteiger partial charge in [-0.3, -0.25) is 14.4 Å². The molecule has 0 aromatic carbocycles. The molecule has 78 heavy (non-hydrogen) atoms. The second-order valence-electron chi connectivity index (χ2n) is 20.9. The topological polar surface area (TPSA) is 78.9 Å². The predicted molar refractivity (Wildman–Crippen MR) is 339 cm³/mol. The maximum atomic E-state index is 12.8. The lowest BCUT2D eigenvalue weighted by Gasteiger charge is -2.18. The molecule has 0 aromatic rings. The van der Waals surface area contributed by atoms with Crippen molar-refractivity contribution in [1.82, 2.24) is 0 Å². The van der Waals surface area contributed by atoms with Crippen LogP contribution in [-0.4, -0.2) is 37.2 Å². The highest BCUT2D eigenvalue weighted by molar-refractivity contribution is 5.71. The van der Waals surface area contributed by atoms with Crippen LogP contribution in [0.5, 0.6) is 0 Å². The van der Waals surface area contributed by atoms with Gasteiger partial charge in [-0.05, 0) is 128 Å². The van der Waals surface area contributed by atoms with Crippen LogP contribution in [0.1, 0.15) is 284 Å². The van der Waals surface area contributed by atoms with Crippen LogP contribution >= 0.6 is 0 Å². The Morgan fingerprint density at radius 2 is 0.500 bits per heavy atom. The van der Waals surface area contributed by atoms with Gasteiger partial charge in [0.05, 0.1) is 0 Å². The summed E-state index contributed by atoms with van der Waals surface area (Å²) in [7, 11) is 0. The maximum absolute atomic E-state index is 12.8. The molecular weight excluding hydrogens is 961 g/mol. The van der Waals surface area contributed by atoms with Crippen LogP contribution in [0.2, 0.25) is 0 Å². The second kappa shape index (κ2) is 65.1. The fraction of sp³-hybridized carbons (Fsp3) is 0.653. The van der Waals surface area contributed by atoms with Crippen molar-refractivity contribution in [2.45, 2.75) is 290 Å². The molecular formula is C72H118O6. The largest absolute Gasteiger partial charge is 0.462 e. The molecule has 0 bridgehead atoms. The van der Waals surface area contributed by atoms with E-state index in [9.17, 15) is 14.4 Å². The number of carbonyl (C=O) groups is 3. The average molecular weight is 1080 g/mol. The number of esters is 3. The van der Waals surface area contributed by atoms with Crippen molar-refractivity contribution in [3.05, 3.63) is 134 Å². The van der Waals surface area contributed by atoms with Gasteiger partial charge in [-0.1, -0.05) is 270 Å². The Bertz CT molecular complexity index is 1670. The smallest absolute Gasteiger partial charge is 0.306 e. The summed E-state index contributed by atoms with van der Waals surface area (Å²) in [6.45, 7) is 6.42. The van der Waals surface area contributed by atoms with Gasteiger partial charge in [0.2, 0.25) is 0 Å². The predicted octanol–water partition coefficient (Wildman–Crippen LogP) is 22.2. The number of allylic oxidation sites excluding steroid dienone is 22. The summed E-state index contributed by atoms with van der Waals surface area (Å²) < 4.78 is 16.8. The summed E-state index contributed by atoms with van der Waals surface area (Å²) in [4.78, 5) is 38.2. The van der Waals surface area contributed by atoms with Crippen LogP contribution < -0.4 is 0 Å². The minimum atomic E-state index is -0.793. The van der Waals surface area contributed by atoms with Gasteiger partial charge in [-0.25, -0.2) is 0 Å². The molecule has 6 nitrogen and oxygen atoms in total. The number of rotatable bonds is 57. The number of ether oxygens (including phenoxy) is 3. The Hall–Kier alpha value is -4.45. The van der Waals surface area contributed by atoms with Gasteiger partial charge in [0.15, 0.2) is 6.10 Å². The third kappa shape index (κ3) is 62.4. The zero-order valence-electron chi connectivity index (χ0n) is 50.6. The lowest BCUT2D eigenvalue weighted by atomic mass is 10.1. The Balaban J connectivity index is 4.19. The van der Waals surface area contributed by atoms with Crippen LogP contribution in [0.4, 0.5) is 0 Å². The molecule has 0 heterocycles. The summed E-state index contributed by atoms with van der Waals surface area (Å²) >= 11 is 0. The van der Waals surface area contributed by atoms with Crippen LogP contribution in [0.25, 0.3) is 0 Å². The lowest BCUT2D eigenvalue weighted by molar-refractivity contribution is -0.167. The van der Waals surface area contributed by atoms with Crippen LogP contribution in [0.3, 0.4) is 0 Å². The SMILES string of the molecule is CC/C=C\C/C=C\C/C=C\C/C=C\C/C=C\C/C=C\C/C=C\C/C=C\CCCCCCCCCCCCC(=O)OCC(COC(=O)CCCCCCC/C=C\CCCC)OC(=O)CCCCCCC/C=C\C/C=C\CCCC. The van der Waals surface area contributed by atoms with E-state index in [2.05, 4.69) is 154 Å². The fourth-order valence-electron chi connectivity index (χ4n) is 8.51. The molecule has 0 amide bonds. The molecule has 0 aromatic heterocycles. The van der Waals surface area contributed by atoms with E-state index in [1.54, 1.807) is 0 Å². The van der Waals surface area contributed by atoms with E-state index < -0.39 is 6.10 Å². The number of hydrogen-bond donors (Lipinski definition) is 0. The molecule has 0 saturated carbocycles. The molecule has 0 aliphatic heterocycles. The summed E-state index contributed by atoms with van der Waals surface area (Å²) in [5, 5.41) is 0. The van der Waals surface area contributed by atoms with Crippen molar-refractivity contribution >= 4 is 17.9 Å². The molecule has 0 spiro atoms. The maximum Gasteiger partial charge on any atom is 0.306 e. The fourth-order valence-corrected chi connectivity index (χ4v) is 8.51. The van der Waals surface area contributed by atoms with Gasteiger partial charge in [-0.15, -0.1) is 0 Å². The zero-order chi connectivity index (χ0) is 56.4. The van der Waals surface area contributed by atoms with Gasteiger partial charge < -0.3 is 14.2 Å². The summed E-state index contributed by atoms with van der Waals surface area (Å²) in [5.41, 5.74) is 0. The van der Waals surface area contributed by atoms with Crippen molar-refractivity contribution in [2.75, 3.05) is 13.2 Å². The van der Waals surface area contributed by atoms with Crippen LogP contribution in [0, 0.1) is 0 Å². The Kier molecular flexibility index (Phi) is 61.4. The minimum absolute atomic E-state index is 0.0905. The molecule has 442 valence electrons. The monoisotopic (exact) mass is 1080 g/mol. The van der Waals surface area contributed by atoms with E-state index in [0.29, 0.717) is 19.3 Å². The molecule has 0 aliphatic rings. The van der Waals surface area contributed by atoms with E-state index in [4.69, 9.17) is 14.2 Å². The van der Waals surface area contributed by atoms with Crippen molar-refractivity contribution in [2.24, 2.45) is 0 Å². The van der Waals surface area contributed by atoms with Crippen molar-refractivity contribution < 1.29 is 28.6 Å².